The minimum Gasteiger partial charge on any atom is -0.338 e. The molecule has 1 atom stereocenters. The van der Waals surface area contributed by atoms with Gasteiger partial charge in [0.1, 0.15) is 5.69 Å². The van der Waals surface area contributed by atoms with E-state index in [1.54, 1.807) is 4.90 Å². The van der Waals surface area contributed by atoms with Gasteiger partial charge in [-0.05, 0) is 12.3 Å². The summed E-state index contributed by atoms with van der Waals surface area (Å²) >= 11 is 0. The fraction of sp³-hybridized carbons (Fsp3) is 0.471. The van der Waals surface area contributed by atoms with Gasteiger partial charge in [-0.1, -0.05) is 35.5 Å². The molecular formula is C17H20N4O3S. The molecule has 0 N–H and O–H groups in total. The molecule has 25 heavy (non-hydrogen) atoms. The van der Waals surface area contributed by atoms with Crippen LogP contribution >= 0.6 is 0 Å². The molecule has 2 fully saturated rings. The number of amides is 1. The molecule has 1 aromatic heterocycles. The summed E-state index contributed by atoms with van der Waals surface area (Å²) in [5.74, 6) is 0.392. The molecule has 1 unspecified atom stereocenters. The number of nitrogens with zero attached hydrogens (tertiary/aromatic N) is 4. The molecule has 132 valence electrons. The number of hydrogen-bond acceptors (Lipinski definition) is 5. The molecule has 2 aliphatic heterocycles. The summed E-state index contributed by atoms with van der Waals surface area (Å²) < 4.78 is 24.8. The Labute approximate surface area is 146 Å². The van der Waals surface area contributed by atoms with E-state index in [0.29, 0.717) is 25.9 Å². The molecular weight excluding hydrogens is 340 g/mol. The molecule has 2 aromatic rings. The summed E-state index contributed by atoms with van der Waals surface area (Å²) in [6, 6.07) is 9.99. The maximum absolute atomic E-state index is 12.3. The topological polar surface area (TPSA) is 85.2 Å². The first-order valence-corrected chi connectivity index (χ1v) is 10.3. The smallest absolute Gasteiger partial charge is 0.223 e. The minimum atomic E-state index is -2.93. The fourth-order valence-electron chi connectivity index (χ4n) is 3.43. The van der Waals surface area contributed by atoms with Crippen molar-refractivity contribution in [3.63, 3.8) is 0 Å². The van der Waals surface area contributed by atoms with E-state index < -0.39 is 9.84 Å². The number of aromatic nitrogens is 3. The van der Waals surface area contributed by atoms with Crippen LogP contribution in [0.1, 0.15) is 18.9 Å². The van der Waals surface area contributed by atoms with Gasteiger partial charge in [0, 0.05) is 25.1 Å². The molecule has 0 aliphatic carbocycles. The Balaban J connectivity index is 1.32. The van der Waals surface area contributed by atoms with Crippen LogP contribution in [0.3, 0.4) is 0 Å². The van der Waals surface area contributed by atoms with E-state index in [0.717, 1.165) is 11.3 Å². The van der Waals surface area contributed by atoms with Gasteiger partial charge in [-0.25, -0.2) is 13.1 Å². The Morgan fingerprint density at radius 1 is 1.20 bits per heavy atom. The lowest BCUT2D eigenvalue weighted by Crippen LogP contribution is -2.51. The van der Waals surface area contributed by atoms with Crippen molar-refractivity contribution in [2.75, 3.05) is 24.6 Å². The Kier molecular flexibility index (Phi) is 4.07. The molecule has 0 spiro atoms. The highest BCUT2D eigenvalue weighted by atomic mass is 32.2. The summed E-state index contributed by atoms with van der Waals surface area (Å²) in [5, 5.41) is 8.38. The van der Waals surface area contributed by atoms with Gasteiger partial charge in [-0.15, -0.1) is 5.10 Å². The predicted molar refractivity (Wildman–Crippen MR) is 92.5 cm³/mol. The summed E-state index contributed by atoms with van der Waals surface area (Å²) in [7, 11) is -2.93. The van der Waals surface area contributed by atoms with Crippen LogP contribution < -0.4 is 0 Å². The van der Waals surface area contributed by atoms with Crippen molar-refractivity contribution < 1.29 is 13.2 Å². The van der Waals surface area contributed by atoms with E-state index in [2.05, 4.69) is 10.3 Å². The highest BCUT2D eigenvalue weighted by molar-refractivity contribution is 7.91. The van der Waals surface area contributed by atoms with Crippen LogP contribution in [0, 0.1) is 5.92 Å². The number of carbonyl (C=O) groups is 1. The summed E-state index contributed by atoms with van der Waals surface area (Å²) in [4.78, 5) is 14.1. The SMILES string of the molecule is O=C(CC1CCS(=O)(=O)C1)N1CC(n2cc(-c3ccccc3)nn2)C1. The number of sulfone groups is 1. The van der Waals surface area contributed by atoms with Crippen LogP contribution in [0.25, 0.3) is 11.3 Å². The third-order valence-corrected chi connectivity index (χ3v) is 6.80. The largest absolute Gasteiger partial charge is 0.338 e. The molecule has 0 bridgehead atoms. The molecule has 2 saturated heterocycles. The minimum absolute atomic E-state index is 0.0207. The molecule has 4 rings (SSSR count). The first-order chi connectivity index (χ1) is 12.0. The van der Waals surface area contributed by atoms with Crippen molar-refractivity contribution in [2.45, 2.75) is 18.9 Å². The van der Waals surface area contributed by atoms with Crippen molar-refractivity contribution in [3.8, 4) is 11.3 Å². The van der Waals surface area contributed by atoms with Crippen LogP contribution in [0.4, 0.5) is 0 Å². The third kappa shape index (κ3) is 3.44. The number of likely N-dealkylation sites (tertiary alicyclic amines) is 1. The normalized spacial score (nSPS) is 22.7. The second-order valence-electron chi connectivity index (χ2n) is 6.88. The van der Waals surface area contributed by atoms with Gasteiger partial charge < -0.3 is 4.90 Å². The third-order valence-electron chi connectivity index (χ3n) is 4.96. The van der Waals surface area contributed by atoms with Gasteiger partial charge in [0.15, 0.2) is 9.84 Å². The first kappa shape index (κ1) is 16.3. The van der Waals surface area contributed by atoms with E-state index in [4.69, 9.17) is 0 Å². The van der Waals surface area contributed by atoms with Crippen LogP contribution in [0.15, 0.2) is 36.5 Å². The average Bonchev–Trinajstić information content (AvgIpc) is 3.14. The fourth-order valence-corrected chi connectivity index (χ4v) is 5.29. The zero-order valence-electron chi connectivity index (χ0n) is 13.8. The molecule has 2 aliphatic rings. The molecule has 7 nitrogen and oxygen atoms in total. The van der Waals surface area contributed by atoms with E-state index in [1.807, 2.05) is 41.2 Å². The molecule has 1 aromatic carbocycles. The summed E-state index contributed by atoms with van der Waals surface area (Å²) in [6.45, 7) is 1.21. The van der Waals surface area contributed by atoms with Crippen LogP contribution in [0.2, 0.25) is 0 Å². The van der Waals surface area contributed by atoms with Gasteiger partial charge in [0.05, 0.1) is 23.7 Å². The van der Waals surface area contributed by atoms with Gasteiger partial charge in [0.25, 0.3) is 0 Å². The van der Waals surface area contributed by atoms with Crippen molar-refractivity contribution in [3.05, 3.63) is 36.5 Å². The number of rotatable bonds is 4. The summed E-state index contributed by atoms with van der Waals surface area (Å²) in [5.41, 5.74) is 1.84. The Morgan fingerprint density at radius 2 is 1.96 bits per heavy atom. The second kappa shape index (κ2) is 6.25. The molecule has 0 radical (unpaired) electrons. The first-order valence-electron chi connectivity index (χ1n) is 8.46. The lowest BCUT2D eigenvalue weighted by atomic mass is 10.0. The van der Waals surface area contributed by atoms with Gasteiger partial charge in [-0.3, -0.25) is 4.79 Å². The molecule has 0 saturated carbocycles. The quantitative estimate of drug-likeness (QED) is 0.817. The Bertz CT molecular complexity index is 872. The van der Waals surface area contributed by atoms with E-state index in [9.17, 15) is 13.2 Å². The van der Waals surface area contributed by atoms with E-state index in [-0.39, 0.29) is 29.4 Å². The lowest BCUT2D eigenvalue weighted by Gasteiger charge is -2.39. The summed E-state index contributed by atoms with van der Waals surface area (Å²) in [6.07, 6.45) is 2.85. The van der Waals surface area contributed by atoms with Crippen LogP contribution in [0.5, 0.6) is 0 Å². The monoisotopic (exact) mass is 360 g/mol. The number of benzene rings is 1. The molecule has 3 heterocycles. The Hall–Kier alpha value is -2.22. The molecule has 8 heteroatoms. The van der Waals surface area contributed by atoms with Crippen molar-refractivity contribution in [1.82, 2.24) is 19.9 Å². The van der Waals surface area contributed by atoms with E-state index >= 15 is 0 Å². The van der Waals surface area contributed by atoms with Crippen molar-refractivity contribution in [2.24, 2.45) is 5.92 Å². The standard InChI is InChI=1S/C17H20N4O3S/c22-17(8-13-6-7-25(23,24)12-13)20-9-15(10-20)21-11-16(18-19-21)14-4-2-1-3-5-14/h1-5,11,13,15H,6-10,12H2. The van der Waals surface area contributed by atoms with Gasteiger partial charge in [-0.2, -0.15) is 0 Å². The maximum Gasteiger partial charge on any atom is 0.223 e. The van der Waals surface area contributed by atoms with Crippen molar-refractivity contribution in [1.29, 1.82) is 0 Å². The maximum atomic E-state index is 12.3. The second-order valence-corrected chi connectivity index (χ2v) is 9.10. The average molecular weight is 360 g/mol. The van der Waals surface area contributed by atoms with Gasteiger partial charge in [0.2, 0.25) is 5.91 Å². The lowest BCUT2D eigenvalue weighted by molar-refractivity contribution is -0.138. The zero-order chi connectivity index (χ0) is 17.4. The number of hydrogen-bond donors (Lipinski definition) is 0. The van der Waals surface area contributed by atoms with E-state index in [1.165, 1.54) is 0 Å². The zero-order valence-corrected chi connectivity index (χ0v) is 14.6. The Morgan fingerprint density at radius 3 is 2.64 bits per heavy atom. The van der Waals surface area contributed by atoms with Gasteiger partial charge >= 0.3 is 0 Å². The van der Waals surface area contributed by atoms with Crippen LogP contribution in [-0.4, -0.2) is 58.8 Å². The predicted octanol–water partition coefficient (Wildman–Crippen LogP) is 1.15. The van der Waals surface area contributed by atoms with Crippen LogP contribution in [-0.2, 0) is 14.6 Å². The highest BCUT2D eigenvalue weighted by Gasteiger charge is 2.36. The van der Waals surface area contributed by atoms with Crippen molar-refractivity contribution >= 4 is 15.7 Å². The number of carbonyl (C=O) groups excluding carboxylic acids is 1. The molecule has 1 amide bonds. The highest BCUT2D eigenvalue weighted by Crippen LogP contribution is 2.27.